The molecule has 4 heterocycles. The Morgan fingerprint density at radius 2 is 2.11 bits per heavy atom. The fraction of sp³-hybridized carbons (Fsp3) is 0.611. The number of hydrogen-bond acceptors (Lipinski definition) is 9. The molecule has 0 amide bonds. The van der Waals surface area contributed by atoms with Gasteiger partial charge in [0.15, 0.2) is 5.82 Å². The van der Waals surface area contributed by atoms with Crippen molar-refractivity contribution < 1.29 is 14.0 Å². The van der Waals surface area contributed by atoms with Crippen LogP contribution in [0, 0.1) is 5.92 Å². The van der Waals surface area contributed by atoms with E-state index in [9.17, 15) is 0 Å². The van der Waals surface area contributed by atoms with Gasteiger partial charge in [0.1, 0.15) is 18.2 Å². The minimum absolute atomic E-state index is 0.158. The molecule has 0 aliphatic carbocycles. The fourth-order valence-electron chi connectivity index (χ4n) is 3.38. The topological polar surface area (TPSA) is 112 Å². The molecule has 1 fully saturated rings. The number of nitrogens with zero attached hydrogens (tertiary/aromatic N) is 6. The highest BCUT2D eigenvalue weighted by atomic mass is 16.5. The number of ether oxygens (including phenoxy) is 2. The first-order valence-electron chi connectivity index (χ1n) is 9.52. The largest absolute Gasteiger partial charge is 0.381 e. The molecule has 4 rings (SSSR count). The van der Waals surface area contributed by atoms with Gasteiger partial charge in [-0.15, -0.1) is 0 Å². The van der Waals surface area contributed by atoms with Gasteiger partial charge in [0, 0.05) is 32.3 Å². The summed E-state index contributed by atoms with van der Waals surface area (Å²) in [6, 6.07) is 1.76. The quantitative estimate of drug-likeness (QED) is 0.652. The van der Waals surface area contributed by atoms with E-state index in [2.05, 4.69) is 30.5 Å². The summed E-state index contributed by atoms with van der Waals surface area (Å²) in [7, 11) is 1.64. The molecule has 28 heavy (non-hydrogen) atoms. The molecule has 0 aromatic carbocycles. The molecular formula is C18H25N7O3. The first-order chi connectivity index (χ1) is 13.7. The molecule has 3 aromatic heterocycles. The van der Waals surface area contributed by atoms with E-state index in [1.165, 1.54) is 6.33 Å². The Morgan fingerprint density at radius 3 is 2.82 bits per heavy atom. The molecular weight excluding hydrogens is 362 g/mol. The van der Waals surface area contributed by atoms with Crippen molar-refractivity contribution in [3.05, 3.63) is 29.8 Å². The summed E-state index contributed by atoms with van der Waals surface area (Å²) in [6.07, 6.45) is 3.30. The molecule has 1 atom stereocenters. The van der Waals surface area contributed by atoms with Crippen LogP contribution in [0.25, 0.3) is 5.78 Å². The number of rotatable bonds is 7. The maximum Gasteiger partial charge on any atom is 0.254 e. The second-order valence-corrected chi connectivity index (χ2v) is 7.25. The third kappa shape index (κ3) is 3.83. The van der Waals surface area contributed by atoms with Crippen molar-refractivity contribution in [3.63, 3.8) is 0 Å². The normalized spacial score (nSPS) is 16.7. The standard InChI is InChI=1S/C18H25N7O3/c1-11(2)16-23-17(28-24-16)15(12-4-6-27-7-5-12)22-14-8-13(9-26-3)21-18-19-10-20-25(14)18/h8,10-12,15,22H,4-7,9H2,1-3H3/t15-/m1/s1. The average Bonchev–Trinajstić information content (AvgIpc) is 3.36. The van der Waals surface area contributed by atoms with Crippen LogP contribution in [0.1, 0.15) is 56.1 Å². The molecule has 1 aliphatic heterocycles. The number of anilines is 1. The van der Waals surface area contributed by atoms with Crippen LogP contribution in [0.5, 0.6) is 0 Å². The van der Waals surface area contributed by atoms with Gasteiger partial charge >= 0.3 is 0 Å². The van der Waals surface area contributed by atoms with E-state index in [0.29, 0.717) is 30.0 Å². The van der Waals surface area contributed by atoms with Crippen molar-refractivity contribution >= 4 is 11.6 Å². The zero-order valence-electron chi connectivity index (χ0n) is 16.3. The lowest BCUT2D eigenvalue weighted by Gasteiger charge is -2.29. The first kappa shape index (κ1) is 18.8. The van der Waals surface area contributed by atoms with Gasteiger partial charge in [-0.2, -0.15) is 19.6 Å². The van der Waals surface area contributed by atoms with Gasteiger partial charge in [-0.05, 0) is 18.8 Å². The Bertz CT molecular complexity index is 917. The lowest BCUT2D eigenvalue weighted by Crippen LogP contribution is -2.28. The number of fused-ring (bicyclic) bond motifs is 1. The van der Waals surface area contributed by atoms with Crippen LogP contribution in [0.15, 0.2) is 16.9 Å². The Balaban J connectivity index is 1.70. The van der Waals surface area contributed by atoms with Crippen molar-refractivity contribution in [1.29, 1.82) is 0 Å². The molecule has 10 heteroatoms. The monoisotopic (exact) mass is 387 g/mol. The van der Waals surface area contributed by atoms with Gasteiger partial charge in [-0.1, -0.05) is 19.0 Å². The van der Waals surface area contributed by atoms with Crippen molar-refractivity contribution in [2.45, 2.75) is 45.3 Å². The summed E-state index contributed by atoms with van der Waals surface area (Å²) in [4.78, 5) is 13.3. The second-order valence-electron chi connectivity index (χ2n) is 7.25. The predicted molar refractivity (Wildman–Crippen MR) is 99.8 cm³/mol. The van der Waals surface area contributed by atoms with E-state index < -0.39 is 0 Å². The SMILES string of the molecule is COCc1cc(N[C@@H](c2nc(C(C)C)no2)C2CCOCC2)n2ncnc2n1. The number of nitrogens with one attached hydrogen (secondary N) is 1. The first-order valence-corrected chi connectivity index (χ1v) is 9.52. The van der Waals surface area contributed by atoms with Crippen molar-refractivity contribution in [2.75, 3.05) is 25.6 Å². The van der Waals surface area contributed by atoms with Gasteiger partial charge in [0.2, 0.25) is 5.89 Å². The maximum atomic E-state index is 5.63. The summed E-state index contributed by atoms with van der Waals surface area (Å²) in [5, 5.41) is 12.0. The molecule has 10 nitrogen and oxygen atoms in total. The molecule has 0 bridgehead atoms. The van der Waals surface area contributed by atoms with Gasteiger partial charge in [0.05, 0.1) is 12.3 Å². The number of hydrogen-bond donors (Lipinski definition) is 1. The van der Waals surface area contributed by atoms with E-state index in [4.69, 9.17) is 14.0 Å². The van der Waals surface area contributed by atoms with Crippen molar-refractivity contribution in [1.82, 2.24) is 29.7 Å². The third-order valence-corrected chi connectivity index (χ3v) is 4.88. The third-order valence-electron chi connectivity index (χ3n) is 4.88. The van der Waals surface area contributed by atoms with Crippen LogP contribution in [-0.4, -0.2) is 50.0 Å². The Morgan fingerprint density at radius 1 is 1.29 bits per heavy atom. The summed E-state index contributed by atoms with van der Waals surface area (Å²) < 4.78 is 18.1. The highest BCUT2D eigenvalue weighted by Gasteiger charge is 2.31. The lowest BCUT2D eigenvalue weighted by molar-refractivity contribution is 0.0570. The Kier molecular flexibility index (Phi) is 5.49. The van der Waals surface area contributed by atoms with E-state index in [1.54, 1.807) is 11.6 Å². The zero-order valence-corrected chi connectivity index (χ0v) is 16.3. The van der Waals surface area contributed by atoms with Crippen molar-refractivity contribution in [2.24, 2.45) is 5.92 Å². The van der Waals surface area contributed by atoms with Crippen LogP contribution in [-0.2, 0) is 16.1 Å². The van der Waals surface area contributed by atoms with E-state index in [1.807, 2.05) is 19.9 Å². The molecule has 3 aromatic rings. The molecule has 1 N–H and O–H groups in total. The molecule has 1 saturated heterocycles. The lowest BCUT2D eigenvalue weighted by atomic mass is 9.91. The predicted octanol–water partition coefficient (Wildman–Crippen LogP) is 2.36. The summed E-state index contributed by atoms with van der Waals surface area (Å²) in [5.74, 6) is 3.05. The average molecular weight is 387 g/mol. The molecule has 1 aliphatic rings. The summed E-state index contributed by atoms with van der Waals surface area (Å²) in [6.45, 7) is 5.92. The summed E-state index contributed by atoms with van der Waals surface area (Å²) in [5.41, 5.74) is 0.768. The molecule has 150 valence electrons. The smallest absolute Gasteiger partial charge is 0.254 e. The molecule has 0 saturated carbocycles. The van der Waals surface area contributed by atoms with E-state index in [-0.39, 0.29) is 12.0 Å². The maximum absolute atomic E-state index is 5.63. The van der Waals surface area contributed by atoms with Crippen molar-refractivity contribution in [3.8, 4) is 0 Å². The molecule has 0 unspecified atom stereocenters. The van der Waals surface area contributed by atoms with Crippen LogP contribution >= 0.6 is 0 Å². The summed E-state index contributed by atoms with van der Waals surface area (Å²) >= 11 is 0. The van der Waals surface area contributed by atoms with E-state index in [0.717, 1.165) is 37.6 Å². The van der Waals surface area contributed by atoms with Crippen LogP contribution < -0.4 is 5.32 Å². The number of aromatic nitrogens is 6. The Hall–Kier alpha value is -2.59. The molecule has 0 radical (unpaired) electrons. The van der Waals surface area contributed by atoms with Gasteiger partial charge < -0.3 is 19.3 Å². The fourth-order valence-corrected chi connectivity index (χ4v) is 3.38. The zero-order chi connectivity index (χ0) is 19.5. The van der Waals surface area contributed by atoms with Crippen LogP contribution in [0.2, 0.25) is 0 Å². The van der Waals surface area contributed by atoms with E-state index >= 15 is 0 Å². The van der Waals surface area contributed by atoms with Gasteiger partial charge in [0.25, 0.3) is 5.78 Å². The van der Waals surface area contributed by atoms with Gasteiger partial charge in [-0.25, -0.2) is 4.98 Å². The second kappa shape index (κ2) is 8.19. The molecule has 0 spiro atoms. The number of methoxy groups -OCH3 is 1. The minimum Gasteiger partial charge on any atom is -0.381 e. The highest BCUT2D eigenvalue weighted by molar-refractivity contribution is 5.46. The Labute approximate surface area is 162 Å². The highest BCUT2D eigenvalue weighted by Crippen LogP contribution is 2.33. The minimum atomic E-state index is -0.158. The van der Waals surface area contributed by atoms with Crippen LogP contribution in [0.4, 0.5) is 5.82 Å². The van der Waals surface area contributed by atoms with Gasteiger partial charge in [-0.3, -0.25) is 0 Å². The van der Waals surface area contributed by atoms with Crippen LogP contribution in [0.3, 0.4) is 0 Å².